The molecule has 2 aromatic carbocycles. The Hall–Kier alpha value is -3.38. The number of rotatable bonds is 6. The Morgan fingerprint density at radius 2 is 1.76 bits per heavy atom. The molecule has 1 fully saturated rings. The van der Waals surface area contributed by atoms with Gasteiger partial charge < -0.3 is 19.5 Å². The summed E-state index contributed by atoms with van der Waals surface area (Å²) in [6.45, 7) is 2.01. The number of ether oxygens (including phenoxy) is 3. The summed E-state index contributed by atoms with van der Waals surface area (Å²) in [5.74, 6) is 1.52. The Morgan fingerprint density at radius 1 is 0.970 bits per heavy atom. The number of hydrogen-bond acceptors (Lipinski definition) is 5. The molecule has 3 heterocycles. The zero-order chi connectivity index (χ0) is 22.5. The summed E-state index contributed by atoms with van der Waals surface area (Å²) < 4.78 is 17.4. The van der Waals surface area contributed by atoms with Crippen LogP contribution in [0.15, 0.2) is 73.1 Å². The highest BCUT2D eigenvalue weighted by Gasteiger charge is 2.40. The molecule has 0 radical (unpaired) electrons. The summed E-state index contributed by atoms with van der Waals surface area (Å²) in [7, 11) is 0. The molecule has 0 aliphatic carbocycles. The van der Waals surface area contributed by atoms with Crippen LogP contribution in [0.5, 0.6) is 11.5 Å². The first-order chi connectivity index (χ1) is 16.2. The van der Waals surface area contributed by atoms with Crippen molar-refractivity contribution in [2.24, 2.45) is 5.41 Å². The van der Waals surface area contributed by atoms with E-state index in [2.05, 4.69) is 34.6 Å². The van der Waals surface area contributed by atoms with Crippen LogP contribution in [0.4, 0.5) is 0 Å². The first-order valence-electron chi connectivity index (χ1n) is 11.5. The van der Waals surface area contributed by atoms with Crippen LogP contribution in [-0.2, 0) is 16.0 Å². The van der Waals surface area contributed by atoms with Crippen molar-refractivity contribution in [3.05, 3.63) is 78.6 Å². The number of carbonyl (C=O) groups is 1. The van der Waals surface area contributed by atoms with Gasteiger partial charge in [-0.05, 0) is 60.2 Å². The van der Waals surface area contributed by atoms with Gasteiger partial charge in [-0.2, -0.15) is 0 Å². The van der Waals surface area contributed by atoms with E-state index in [1.165, 1.54) is 0 Å². The number of hydrogen-bond donors (Lipinski definition) is 1. The SMILES string of the molecule is O=C(NC[C@H]1COc2ccccc2O1)C1(Cc2cccc(-c3ccncc3)c2)CCOCC1. The molecule has 2 aliphatic heterocycles. The van der Waals surface area contributed by atoms with Crippen LogP contribution >= 0.6 is 0 Å². The van der Waals surface area contributed by atoms with Crippen LogP contribution in [0, 0.1) is 5.41 Å². The van der Waals surface area contributed by atoms with Crippen molar-refractivity contribution in [1.82, 2.24) is 10.3 Å². The van der Waals surface area contributed by atoms with E-state index in [-0.39, 0.29) is 12.0 Å². The largest absolute Gasteiger partial charge is 0.486 e. The lowest BCUT2D eigenvalue weighted by molar-refractivity contribution is -0.137. The zero-order valence-corrected chi connectivity index (χ0v) is 18.5. The third-order valence-electron chi connectivity index (χ3n) is 6.47. The highest BCUT2D eigenvalue weighted by molar-refractivity contribution is 5.83. The quantitative estimate of drug-likeness (QED) is 0.621. The maximum atomic E-state index is 13.5. The van der Waals surface area contributed by atoms with Crippen LogP contribution in [-0.4, -0.2) is 43.4 Å². The van der Waals surface area contributed by atoms with Gasteiger partial charge in [-0.25, -0.2) is 0 Å². The van der Waals surface area contributed by atoms with E-state index in [1.807, 2.05) is 36.4 Å². The predicted molar refractivity (Wildman–Crippen MR) is 125 cm³/mol. The Morgan fingerprint density at radius 3 is 2.58 bits per heavy atom. The third kappa shape index (κ3) is 4.86. The van der Waals surface area contributed by atoms with Crippen LogP contribution in [0.2, 0.25) is 0 Å². The van der Waals surface area contributed by atoms with Gasteiger partial charge in [-0.3, -0.25) is 9.78 Å². The van der Waals surface area contributed by atoms with E-state index < -0.39 is 5.41 Å². The number of carbonyl (C=O) groups excluding carboxylic acids is 1. The maximum absolute atomic E-state index is 13.5. The molecule has 170 valence electrons. The van der Waals surface area contributed by atoms with Crippen molar-refractivity contribution >= 4 is 5.91 Å². The molecule has 6 nitrogen and oxygen atoms in total. The van der Waals surface area contributed by atoms with E-state index in [0.717, 1.165) is 28.2 Å². The molecule has 33 heavy (non-hydrogen) atoms. The molecule has 1 atom stereocenters. The Balaban J connectivity index is 1.28. The Bertz CT molecular complexity index is 1100. The molecule has 0 bridgehead atoms. The fourth-order valence-corrected chi connectivity index (χ4v) is 4.60. The second-order valence-electron chi connectivity index (χ2n) is 8.71. The fraction of sp³-hybridized carbons (Fsp3) is 0.333. The van der Waals surface area contributed by atoms with Crippen LogP contribution < -0.4 is 14.8 Å². The number of benzene rings is 2. The summed E-state index contributed by atoms with van der Waals surface area (Å²) >= 11 is 0. The molecule has 1 saturated heterocycles. The minimum absolute atomic E-state index is 0.0579. The minimum atomic E-state index is -0.497. The summed E-state index contributed by atoms with van der Waals surface area (Å²) in [5, 5.41) is 3.15. The third-order valence-corrected chi connectivity index (χ3v) is 6.47. The van der Waals surface area contributed by atoms with E-state index in [0.29, 0.717) is 45.6 Å². The molecular formula is C27H28N2O4. The van der Waals surface area contributed by atoms with E-state index in [4.69, 9.17) is 14.2 Å². The highest BCUT2D eigenvalue weighted by atomic mass is 16.6. The normalized spacial score (nSPS) is 19.0. The Kier molecular flexibility index (Phi) is 6.26. The maximum Gasteiger partial charge on any atom is 0.226 e. The van der Waals surface area contributed by atoms with Gasteiger partial charge in [0.05, 0.1) is 12.0 Å². The monoisotopic (exact) mass is 444 g/mol. The second-order valence-corrected chi connectivity index (χ2v) is 8.71. The smallest absolute Gasteiger partial charge is 0.226 e. The lowest BCUT2D eigenvalue weighted by Crippen LogP contribution is -2.49. The van der Waals surface area contributed by atoms with Crippen molar-refractivity contribution in [2.45, 2.75) is 25.4 Å². The second kappa shape index (κ2) is 9.63. The van der Waals surface area contributed by atoms with Gasteiger partial charge in [0, 0.05) is 25.6 Å². The fourth-order valence-electron chi connectivity index (χ4n) is 4.60. The summed E-state index contributed by atoms with van der Waals surface area (Å²) in [6, 6.07) is 20.0. The number of nitrogens with one attached hydrogen (secondary N) is 1. The molecule has 1 aromatic heterocycles. The molecule has 2 aliphatic rings. The molecule has 1 N–H and O–H groups in total. The first-order valence-corrected chi connectivity index (χ1v) is 11.5. The highest BCUT2D eigenvalue weighted by Crippen LogP contribution is 2.36. The minimum Gasteiger partial charge on any atom is -0.486 e. The lowest BCUT2D eigenvalue weighted by Gasteiger charge is -2.36. The standard InChI is InChI=1S/C27H28N2O4/c30-26(29-18-23-19-32-24-6-1-2-7-25(24)33-23)27(10-14-31-15-11-27)17-20-4-3-5-22(16-20)21-8-12-28-13-9-21/h1-9,12-13,16,23H,10-11,14-15,17-19H2,(H,29,30)/t23-/m0/s1. The molecule has 0 saturated carbocycles. The van der Waals surface area contributed by atoms with Gasteiger partial charge in [0.1, 0.15) is 12.7 Å². The molecule has 0 unspecified atom stereocenters. The molecular weight excluding hydrogens is 416 g/mol. The topological polar surface area (TPSA) is 69.7 Å². The lowest BCUT2D eigenvalue weighted by atomic mass is 9.74. The zero-order valence-electron chi connectivity index (χ0n) is 18.5. The van der Waals surface area contributed by atoms with Gasteiger partial charge >= 0.3 is 0 Å². The summed E-state index contributed by atoms with van der Waals surface area (Å²) in [5.41, 5.74) is 2.89. The van der Waals surface area contributed by atoms with Gasteiger partial charge in [0.15, 0.2) is 11.5 Å². The number of aromatic nitrogens is 1. The van der Waals surface area contributed by atoms with Crippen LogP contribution in [0.3, 0.4) is 0 Å². The van der Waals surface area contributed by atoms with Crippen molar-refractivity contribution in [1.29, 1.82) is 0 Å². The molecule has 6 heteroatoms. The molecule has 1 amide bonds. The number of para-hydroxylation sites is 2. The molecule has 0 spiro atoms. The van der Waals surface area contributed by atoms with Crippen molar-refractivity contribution in [3.8, 4) is 22.6 Å². The van der Waals surface area contributed by atoms with E-state index in [1.54, 1.807) is 12.4 Å². The molecule has 5 rings (SSSR count). The predicted octanol–water partition coefficient (Wildman–Crippen LogP) is 4.04. The number of fused-ring (bicyclic) bond motifs is 1. The van der Waals surface area contributed by atoms with Crippen LogP contribution in [0.1, 0.15) is 18.4 Å². The average Bonchev–Trinajstić information content (AvgIpc) is 2.88. The van der Waals surface area contributed by atoms with Crippen molar-refractivity contribution in [2.75, 3.05) is 26.4 Å². The van der Waals surface area contributed by atoms with Gasteiger partial charge in [0.25, 0.3) is 0 Å². The summed E-state index contributed by atoms with van der Waals surface area (Å²) in [4.78, 5) is 17.6. The Labute approximate surface area is 193 Å². The summed E-state index contributed by atoms with van der Waals surface area (Å²) in [6.07, 6.45) is 5.45. The van der Waals surface area contributed by atoms with E-state index in [9.17, 15) is 4.79 Å². The number of nitrogens with zero attached hydrogens (tertiary/aromatic N) is 1. The van der Waals surface area contributed by atoms with Crippen molar-refractivity contribution in [3.63, 3.8) is 0 Å². The molecule has 3 aromatic rings. The first kappa shape index (κ1) is 21.5. The number of pyridine rings is 1. The average molecular weight is 445 g/mol. The van der Waals surface area contributed by atoms with Gasteiger partial charge in [-0.1, -0.05) is 36.4 Å². The number of amides is 1. The van der Waals surface area contributed by atoms with Gasteiger partial charge in [-0.15, -0.1) is 0 Å². The van der Waals surface area contributed by atoms with E-state index >= 15 is 0 Å². The van der Waals surface area contributed by atoms with Crippen molar-refractivity contribution < 1.29 is 19.0 Å². The van der Waals surface area contributed by atoms with Gasteiger partial charge in [0.2, 0.25) is 5.91 Å². The van der Waals surface area contributed by atoms with Crippen LogP contribution in [0.25, 0.3) is 11.1 Å².